The van der Waals surface area contributed by atoms with Crippen LogP contribution in [0.25, 0.3) is 0 Å². The van der Waals surface area contributed by atoms with Crippen molar-refractivity contribution < 1.29 is 9.90 Å². The van der Waals surface area contributed by atoms with Crippen LogP contribution in [0.15, 0.2) is 30.3 Å². The molecule has 4 fully saturated rings. The van der Waals surface area contributed by atoms with E-state index in [4.69, 9.17) is 11.6 Å². The Balaban J connectivity index is 1.71. The van der Waals surface area contributed by atoms with Crippen LogP contribution in [0.4, 0.5) is 0 Å². The summed E-state index contributed by atoms with van der Waals surface area (Å²) < 4.78 is 0. The van der Waals surface area contributed by atoms with Gasteiger partial charge in [0, 0.05) is 17.2 Å². The highest BCUT2D eigenvalue weighted by atomic mass is 35.5. The molecule has 3 nitrogen and oxygen atoms in total. The molecule has 4 aliphatic carbocycles. The molecular weight excluding hydrogens is 322 g/mol. The third-order valence-electron chi connectivity index (χ3n) is 6.47. The van der Waals surface area contributed by atoms with Crippen molar-refractivity contribution in [1.29, 1.82) is 0 Å². The lowest BCUT2D eigenvalue weighted by molar-refractivity contribution is -0.175. The molecule has 6 atom stereocenters. The number of amides is 1. The standard InChI is InChI=1S/C20H26ClNO2/c1-2-16(23)22-18(14-6-4-3-5-7-14)17-15-8-13-9-19(21,11-15)12-20(17,24)10-13/h3-7,13,15,17-18,24H,2,8-12H2,1H3,(H,22,23)/t13-,15+,17-,18?,19+,20+/m1/s1. The molecule has 4 saturated carbocycles. The summed E-state index contributed by atoms with van der Waals surface area (Å²) in [5, 5.41) is 14.7. The molecule has 1 aromatic carbocycles. The summed E-state index contributed by atoms with van der Waals surface area (Å²) in [6.45, 7) is 1.87. The number of halogens is 1. The van der Waals surface area contributed by atoms with Gasteiger partial charge in [0.2, 0.25) is 5.91 Å². The molecule has 4 bridgehead atoms. The van der Waals surface area contributed by atoms with E-state index >= 15 is 0 Å². The first-order valence-electron chi connectivity index (χ1n) is 9.18. The van der Waals surface area contributed by atoms with Crippen LogP contribution in [0.3, 0.4) is 0 Å². The van der Waals surface area contributed by atoms with Crippen LogP contribution in [-0.4, -0.2) is 21.5 Å². The maximum atomic E-state index is 12.2. The zero-order valence-corrected chi connectivity index (χ0v) is 14.9. The van der Waals surface area contributed by atoms with E-state index in [1.807, 2.05) is 25.1 Å². The van der Waals surface area contributed by atoms with Crippen LogP contribution in [-0.2, 0) is 4.79 Å². The molecule has 0 radical (unpaired) electrons. The van der Waals surface area contributed by atoms with Crippen LogP contribution in [0.1, 0.15) is 57.1 Å². The van der Waals surface area contributed by atoms with Crippen molar-refractivity contribution in [1.82, 2.24) is 5.32 Å². The molecular formula is C20H26ClNO2. The van der Waals surface area contributed by atoms with Crippen LogP contribution in [0.2, 0.25) is 0 Å². The van der Waals surface area contributed by atoms with Gasteiger partial charge in [0.15, 0.2) is 0 Å². The Morgan fingerprint density at radius 2 is 2.08 bits per heavy atom. The molecule has 0 saturated heterocycles. The predicted octanol–water partition coefficient (Wildman–Crippen LogP) is 3.80. The van der Waals surface area contributed by atoms with E-state index in [1.54, 1.807) is 0 Å². The number of nitrogens with one attached hydrogen (secondary N) is 1. The minimum absolute atomic E-state index is 0.0434. The van der Waals surface area contributed by atoms with E-state index in [9.17, 15) is 9.90 Å². The molecule has 0 spiro atoms. The van der Waals surface area contributed by atoms with Crippen LogP contribution in [0, 0.1) is 17.8 Å². The highest BCUT2D eigenvalue weighted by molar-refractivity contribution is 6.24. The highest BCUT2D eigenvalue weighted by Gasteiger charge is 2.63. The van der Waals surface area contributed by atoms with Crippen LogP contribution in [0.5, 0.6) is 0 Å². The van der Waals surface area contributed by atoms with Gasteiger partial charge < -0.3 is 10.4 Å². The van der Waals surface area contributed by atoms with Gasteiger partial charge in [-0.3, -0.25) is 4.79 Å². The highest BCUT2D eigenvalue weighted by Crippen LogP contribution is 2.64. The van der Waals surface area contributed by atoms with Gasteiger partial charge in [0.25, 0.3) is 0 Å². The fraction of sp³-hybridized carbons (Fsp3) is 0.650. The van der Waals surface area contributed by atoms with Crippen molar-refractivity contribution in [2.45, 2.75) is 62.0 Å². The Morgan fingerprint density at radius 1 is 1.33 bits per heavy atom. The molecule has 1 aromatic rings. The molecule has 0 heterocycles. The minimum Gasteiger partial charge on any atom is -0.389 e. The Bertz CT molecular complexity index is 636. The fourth-order valence-electron chi connectivity index (χ4n) is 5.95. The summed E-state index contributed by atoms with van der Waals surface area (Å²) in [5.74, 6) is 1.02. The number of benzene rings is 1. The van der Waals surface area contributed by atoms with Crippen molar-refractivity contribution in [2.75, 3.05) is 0 Å². The molecule has 24 heavy (non-hydrogen) atoms. The molecule has 4 aliphatic rings. The number of carbonyl (C=O) groups is 1. The summed E-state index contributed by atoms with van der Waals surface area (Å²) in [4.78, 5) is 12.0. The summed E-state index contributed by atoms with van der Waals surface area (Å²) in [6, 6.07) is 9.99. The summed E-state index contributed by atoms with van der Waals surface area (Å²) in [6.07, 6.45) is 5.08. The van der Waals surface area contributed by atoms with Crippen molar-refractivity contribution in [3.8, 4) is 0 Å². The summed E-state index contributed by atoms with van der Waals surface area (Å²) >= 11 is 6.82. The Hall–Kier alpha value is -1.06. The lowest BCUT2D eigenvalue weighted by Gasteiger charge is -2.63. The second-order valence-corrected chi connectivity index (χ2v) is 9.04. The van der Waals surface area contributed by atoms with E-state index in [0.29, 0.717) is 24.7 Å². The summed E-state index contributed by atoms with van der Waals surface area (Å²) in [7, 11) is 0. The fourth-order valence-corrected chi connectivity index (χ4v) is 6.60. The molecule has 1 unspecified atom stereocenters. The number of hydrogen-bond acceptors (Lipinski definition) is 2. The number of aliphatic hydroxyl groups is 1. The molecule has 5 rings (SSSR count). The first-order valence-corrected chi connectivity index (χ1v) is 9.56. The van der Waals surface area contributed by atoms with Gasteiger partial charge >= 0.3 is 0 Å². The number of rotatable bonds is 4. The van der Waals surface area contributed by atoms with Gasteiger partial charge in [-0.05, 0) is 49.5 Å². The normalized spacial score (nSPS) is 41.2. The van der Waals surface area contributed by atoms with Crippen molar-refractivity contribution in [2.24, 2.45) is 17.8 Å². The smallest absolute Gasteiger partial charge is 0.220 e. The van der Waals surface area contributed by atoms with E-state index < -0.39 is 5.60 Å². The van der Waals surface area contributed by atoms with E-state index in [2.05, 4.69) is 17.4 Å². The van der Waals surface area contributed by atoms with Gasteiger partial charge in [-0.1, -0.05) is 37.3 Å². The van der Waals surface area contributed by atoms with E-state index in [-0.39, 0.29) is 22.7 Å². The number of carbonyl (C=O) groups excluding carboxylic acids is 1. The van der Waals surface area contributed by atoms with Gasteiger partial charge in [-0.15, -0.1) is 11.6 Å². The van der Waals surface area contributed by atoms with Gasteiger partial charge in [-0.25, -0.2) is 0 Å². The average Bonchev–Trinajstić information content (AvgIpc) is 2.51. The first-order chi connectivity index (χ1) is 11.4. The van der Waals surface area contributed by atoms with Crippen molar-refractivity contribution >= 4 is 17.5 Å². The minimum atomic E-state index is -0.757. The topological polar surface area (TPSA) is 49.3 Å². The Morgan fingerprint density at radius 3 is 2.71 bits per heavy atom. The molecule has 130 valence electrons. The van der Waals surface area contributed by atoms with Crippen molar-refractivity contribution in [3.05, 3.63) is 35.9 Å². The van der Waals surface area contributed by atoms with Crippen molar-refractivity contribution in [3.63, 3.8) is 0 Å². The number of alkyl halides is 1. The molecule has 1 amide bonds. The van der Waals surface area contributed by atoms with Gasteiger partial charge in [0.1, 0.15) is 0 Å². The maximum Gasteiger partial charge on any atom is 0.220 e. The average molecular weight is 348 g/mol. The Labute approximate surface area is 148 Å². The maximum absolute atomic E-state index is 12.2. The van der Waals surface area contributed by atoms with E-state index in [1.165, 1.54) is 0 Å². The van der Waals surface area contributed by atoms with Gasteiger partial charge in [0.05, 0.1) is 11.6 Å². The SMILES string of the molecule is CCC(=O)NC(c1ccccc1)[C@H]1[C@H]2C[C@@H]3C[C@](Cl)(C2)C[C@@]1(O)C3. The van der Waals surface area contributed by atoms with Crippen LogP contribution < -0.4 is 5.32 Å². The monoisotopic (exact) mass is 347 g/mol. The number of hydrogen-bond donors (Lipinski definition) is 2. The van der Waals surface area contributed by atoms with Crippen LogP contribution >= 0.6 is 11.6 Å². The third-order valence-corrected chi connectivity index (χ3v) is 6.91. The second-order valence-electron chi connectivity index (χ2n) is 8.24. The first kappa shape index (κ1) is 16.4. The quantitative estimate of drug-likeness (QED) is 0.814. The Kier molecular flexibility index (Phi) is 3.92. The molecule has 0 aliphatic heterocycles. The zero-order valence-electron chi connectivity index (χ0n) is 14.2. The largest absolute Gasteiger partial charge is 0.389 e. The summed E-state index contributed by atoms with van der Waals surface area (Å²) in [5.41, 5.74) is 0.335. The van der Waals surface area contributed by atoms with E-state index in [0.717, 1.165) is 31.2 Å². The van der Waals surface area contributed by atoms with Gasteiger partial charge in [-0.2, -0.15) is 0 Å². The second kappa shape index (κ2) is 5.74. The lowest BCUT2D eigenvalue weighted by atomic mass is 9.47. The zero-order chi connectivity index (χ0) is 16.9. The predicted molar refractivity (Wildman–Crippen MR) is 94.7 cm³/mol. The third kappa shape index (κ3) is 2.66. The molecule has 0 aromatic heterocycles. The molecule has 4 heteroatoms. The lowest BCUT2D eigenvalue weighted by Crippen LogP contribution is -2.64. The molecule has 2 N–H and O–H groups in total.